The van der Waals surface area contributed by atoms with Gasteiger partial charge in [0.25, 0.3) is 5.92 Å². The number of fused-ring (bicyclic) bond motifs is 1. The van der Waals surface area contributed by atoms with Crippen LogP contribution in [0.2, 0.25) is 0 Å². The van der Waals surface area contributed by atoms with Gasteiger partial charge in [0.2, 0.25) is 0 Å². The molecule has 2 aliphatic carbocycles. The largest absolute Gasteiger partial charge is 0.254 e. The van der Waals surface area contributed by atoms with E-state index >= 15 is 0 Å². The molecule has 0 saturated heterocycles. The summed E-state index contributed by atoms with van der Waals surface area (Å²) in [6.45, 7) is 6.28. The Kier molecular flexibility index (Phi) is 2.61. The quantitative estimate of drug-likeness (QED) is 0.522. The third-order valence-corrected chi connectivity index (χ3v) is 3.85. The van der Waals surface area contributed by atoms with Crippen LogP contribution in [0.1, 0.15) is 33.6 Å². The van der Waals surface area contributed by atoms with Gasteiger partial charge in [-0.3, -0.25) is 0 Å². The summed E-state index contributed by atoms with van der Waals surface area (Å²) >= 11 is 1.52. The van der Waals surface area contributed by atoms with Crippen molar-refractivity contribution in [3.05, 3.63) is 0 Å². The number of halogens is 2. The lowest BCUT2D eigenvalue weighted by atomic mass is 10.0. The topological polar surface area (TPSA) is 12.4 Å². The Bertz CT molecular complexity index is 269. The second-order valence-electron chi connectivity index (χ2n) is 5.58. The van der Waals surface area contributed by atoms with E-state index in [1.54, 1.807) is 0 Å². The second-order valence-corrected chi connectivity index (χ2v) is 7.20. The lowest BCUT2D eigenvalue weighted by Crippen LogP contribution is -2.09. The summed E-state index contributed by atoms with van der Waals surface area (Å²) in [6.07, 6.45) is 3.13. The molecule has 0 N–H and O–H groups in total. The van der Waals surface area contributed by atoms with Crippen LogP contribution in [0.5, 0.6) is 0 Å². The third kappa shape index (κ3) is 2.35. The number of alkyl halides is 2. The van der Waals surface area contributed by atoms with Crippen molar-refractivity contribution in [2.45, 2.75) is 44.3 Å². The van der Waals surface area contributed by atoms with Gasteiger partial charge in [-0.05, 0) is 51.5 Å². The molecule has 0 radical (unpaired) electrons. The van der Waals surface area contributed by atoms with Gasteiger partial charge in [0.1, 0.15) is 0 Å². The minimum Gasteiger partial charge on any atom is -0.228 e. The summed E-state index contributed by atoms with van der Waals surface area (Å²) in [6, 6.07) is 0. The zero-order valence-electron chi connectivity index (χ0n) is 9.34. The molecule has 86 valence electrons. The summed E-state index contributed by atoms with van der Waals surface area (Å²) in [5, 5.41) is 0. The number of rotatable bonds is 2. The highest BCUT2D eigenvalue weighted by Crippen LogP contribution is 2.65. The molecule has 2 rings (SSSR count). The molecule has 2 fully saturated rings. The van der Waals surface area contributed by atoms with Crippen LogP contribution in [-0.4, -0.2) is 16.9 Å². The number of nitrogens with zero attached hydrogens (tertiary/aromatic N) is 1. The Balaban J connectivity index is 1.76. The summed E-state index contributed by atoms with van der Waals surface area (Å²) < 4.78 is 30.1. The van der Waals surface area contributed by atoms with Crippen LogP contribution in [0.15, 0.2) is 4.40 Å². The maximum absolute atomic E-state index is 12.9. The molecule has 2 saturated carbocycles. The highest BCUT2D eigenvalue weighted by molar-refractivity contribution is 7.99. The molecule has 2 unspecified atom stereocenters. The van der Waals surface area contributed by atoms with Crippen LogP contribution >= 0.6 is 11.9 Å². The van der Waals surface area contributed by atoms with Crippen LogP contribution < -0.4 is 0 Å². The van der Waals surface area contributed by atoms with Gasteiger partial charge in [0, 0.05) is 22.8 Å². The smallest absolute Gasteiger partial charge is 0.228 e. The summed E-state index contributed by atoms with van der Waals surface area (Å²) in [4.78, 5) is 0. The molecular weight excluding hydrogens is 216 g/mol. The molecule has 0 bridgehead atoms. The molecular formula is C11H17F2NS. The van der Waals surface area contributed by atoms with Crippen LogP contribution in [0.25, 0.3) is 0 Å². The first-order valence-electron chi connectivity index (χ1n) is 5.40. The second kappa shape index (κ2) is 3.44. The minimum atomic E-state index is -2.35. The molecule has 0 heterocycles. The lowest BCUT2D eigenvalue weighted by molar-refractivity contribution is 0.0691. The van der Waals surface area contributed by atoms with Crippen LogP contribution in [0, 0.1) is 17.8 Å². The minimum absolute atomic E-state index is 0.113. The monoisotopic (exact) mass is 233 g/mol. The first-order valence-corrected chi connectivity index (χ1v) is 6.17. The maximum Gasteiger partial charge on any atom is 0.254 e. The van der Waals surface area contributed by atoms with Crippen LogP contribution in [0.4, 0.5) is 8.78 Å². The Labute approximate surface area is 93.9 Å². The molecule has 4 heteroatoms. The molecule has 0 aromatic carbocycles. The van der Waals surface area contributed by atoms with Gasteiger partial charge in [0.05, 0.1) is 0 Å². The summed E-state index contributed by atoms with van der Waals surface area (Å²) in [5.41, 5.74) is 0. The van der Waals surface area contributed by atoms with Crippen molar-refractivity contribution in [1.29, 1.82) is 0 Å². The Hall–Kier alpha value is -0.120. The molecule has 0 spiro atoms. The van der Waals surface area contributed by atoms with Gasteiger partial charge in [-0.1, -0.05) is 0 Å². The average Bonchev–Trinajstić information content (AvgIpc) is 2.46. The zero-order chi connectivity index (χ0) is 11.3. The van der Waals surface area contributed by atoms with Crippen molar-refractivity contribution >= 4 is 18.2 Å². The standard InChI is InChI=1S/C11H17F2NS/c1-10(2,3)15-14-6-7-4-8-9(5-7)11(8,12)13/h6-9H,4-5H2,1-3H3/b14-6+. The van der Waals surface area contributed by atoms with Crippen LogP contribution in [0.3, 0.4) is 0 Å². The Morgan fingerprint density at radius 2 is 1.80 bits per heavy atom. The number of hydrogen-bond donors (Lipinski definition) is 0. The van der Waals surface area contributed by atoms with Gasteiger partial charge in [-0.2, -0.15) is 0 Å². The Morgan fingerprint density at radius 1 is 1.27 bits per heavy atom. The molecule has 0 aliphatic heterocycles. The molecule has 0 aromatic rings. The van der Waals surface area contributed by atoms with E-state index in [4.69, 9.17) is 0 Å². The molecule has 0 amide bonds. The first-order chi connectivity index (χ1) is 6.81. The highest BCUT2D eigenvalue weighted by atomic mass is 32.2. The molecule has 2 aliphatic rings. The fourth-order valence-corrected chi connectivity index (χ4v) is 2.80. The van der Waals surface area contributed by atoms with E-state index in [9.17, 15) is 8.78 Å². The Morgan fingerprint density at radius 3 is 2.27 bits per heavy atom. The van der Waals surface area contributed by atoms with E-state index in [1.165, 1.54) is 11.9 Å². The van der Waals surface area contributed by atoms with Crippen molar-refractivity contribution < 1.29 is 8.78 Å². The van der Waals surface area contributed by atoms with E-state index in [0.29, 0.717) is 12.8 Å². The van der Waals surface area contributed by atoms with E-state index in [2.05, 4.69) is 25.2 Å². The average molecular weight is 233 g/mol. The van der Waals surface area contributed by atoms with Crippen LogP contribution in [-0.2, 0) is 0 Å². The summed E-state index contributed by atoms with van der Waals surface area (Å²) in [7, 11) is 0. The van der Waals surface area contributed by atoms with E-state index in [-0.39, 0.29) is 22.5 Å². The highest BCUT2D eigenvalue weighted by Gasteiger charge is 2.71. The molecule has 2 atom stereocenters. The molecule has 1 nitrogen and oxygen atoms in total. The molecule has 15 heavy (non-hydrogen) atoms. The first kappa shape index (κ1) is 11.4. The van der Waals surface area contributed by atoms with Crippen molar-refractivity contribution in [3.8, 4) is 0 Å². The lowest BCUT2D eigenvalue weighted by Gasteiger charge is -2.13. The van der Waals surface area contributed by atoms with Crippen molar-refractivity contribution in [1.82, 2.24) is 0 Å². The van der Waals surface area contributed by atoms with E-state index < -0.39 is 5.92 Å². The van der Waals surface area contributed by atoms with E-state index in [0.717, 1.165) is 0 Å². The third-order valence-electron chi connectivity index (χ3n) is 3.08. The predicted molar refractivity (Wildman–Crippen MR) is 60.5 cm³/mol. The van der Waals surface area contributed by atoms with Crippen molar-refractivity contribution in [2.75, 3.05) is 0 Å². The van der Waals surface area contributed by atoms with Crippen molar-refractivity contribution in [2.24, 2.45) is 22.2 Å². The zero-order valence-corrected chi connectivity index (χ0v) is 10.2. The van der Waals surface area contributed by atoms with Gasteiger partial charge >= 0.3 is 0 Å². The van der Waals surface area contributed by atoms with Gasteiger partial charge < -0.3 is 0 Å². The van der Waals surface area contributed by atoms with Gasteiger partial charge in [0.15, 0.2) is 0 Å². The fourth-order valence-electron chi connectivity index (χ4n) is 2.25. The maximum atomic E-state index is 12.9. The number of hydrogen-bond acceptors (Lipinski definition) is 2. The van der Waals surface area contributed by atoms with Crippen molar-refractivity contribution in [3.63, 3.8) is 0 Å². The summed E-state index contributed by atoms with van der Waals surface area (Å²) in [5.74, 6) is -2.74. The van der Waals surface area contributed by atoms with E-state index in [1.807, 2.05) is 6.21 Å². The normalized spacial score (nSPS) is 38.3. The fraction of sp³-hybridized carbons (Fsp3) is 0.909. The predicted octanol–water partition coefficient (Wildman–Crippen LogP) is 3.80. The van der Waals surface area contributed by atoms with Gasteiger partial charge in [-0.25, -0.2) is 13.2 Å². The SMILES string of the molecule is CC(C)(C)S/N=C/C1CC2C(C1)C2(F)F. The molecule has 0 aromatic heterocycles. The van der Waals surface area contributed by atoms with Gasteiger partial charge in [-0.15, -0.1) is 0 Å².